The Morgan fingerprint density at radius 2 is 1.85 bits per heavy atom. The number of anilines is 2. The summed E-state index contributed by atoms with van der Waals surface area (Å²) >= 11 is 0. The summed E-state index contributed by atoms with van der Waals surface area (Å²) in [5.74, 6) is -3.01. The van der Waals surface area contributed by atoms with Gasteiger partial charge in [0.05, 0.1) is 17.1 Å². The number of rotatable bonds is 5. The molecule has 2 aliphatic heterocycles. The molecule has 2 fully saturated rings. The van der Waals surface area contributed by atoms with E-state index in [1.807, 2.05) is 6.07 Å². The van der Waals surface area contributed by atoms with E-state index in [0.29, 0.717) is 23.4 Å². The summed E-state index contributed by atoms with van der Waals surface area (Å²) in [5.41, 5.74) is 4.15. The molecule has 3 aromatic rings. The molecular formula is C24H29F2N7. The van der Waals surface area contributed by atoms with Crippen molar-refractivity contribution in [2.45, 2.75) is 12.3 Å². The normalized spacial score (nSPS) is 21.3. The minimum atomic E-state index is -2.70. The molecule has 0 saturated carbocycles. The smallest absolute Gasteiger partial charge is 0.255 e. The van der Waals surface area contributed by atoms with Crippen LogP contribution in [0.3, 0.4) is 0 Å². The fraction of sp³-hybridized carbons (Fsp3) is 0.458. The molecule has 0 radical (unpaired) electrons. The largest absolute Gasteiger partial charge is 0.369 e. The topological polar surface area (TPSA) is 69.2 Å². The standard InChI is InChI=1S/C24H29F2N7/c1-32-10-12-33(13-11-32)19-4-2-17(3-5-19)20-14-21-22(29-9-8-28-21)23(31-20)30-16-18-15-27-7-6-24(18,25)26/h2-5,8-9,14,18,27H,6-7,10-13,15-16H2,1H3,(H,30,31)/t18-/m1/s1. The SMILES string of the molecule is CN1CCN(c2ccc(-c3cc4nccnc4c(NC[C@H]4CNCCC4(F)F)n3)cc2)CC1. The maximum atomic E-state index is 14.3. The molecule has 4 heterocycles. The van der Waals surface area contributed by atoms with Gasteiger partial charge in [0.2, 0.25) is 0 Å². The quantitative estimate of drug-likeness (QED) is 0.615. The van der Waals surface area contributed by atoms with Gasteiger partial charge in [-0.05, 0) is 25.2 Å². The lowest BCUT2D eigenvalue weighted by molar-refractivity contribution is -0.0728. The highest BCUT2D eigenvalue weighted by atomic mass is 19.3. The third-order valence-corrected chi connectivity index (χ3v) is 6.63. The molecule has 0 spiro atoms. The summed E-state index contributed by atoms with van der Waals surface area (Å²) in [6.45, 7) is 4.86. The molecule has 2 aromatic heterocycles. The highest BCUT2D eigenvalue weighted by Gasteiger charge is 2.41. The van der Waals surface area contributed by atoms with Crippen LogP contribution in [0.15, 0.2) is 42.7 Å². The van der Waals surface area contributed by atoms with Crippen LogP contribution in [0.4, 0.5) is 20.3 Å². The summed E-state index contributed by atoms with van der Waals surface area (Å²) in [4.78, 5) is 18.3. The maximum absolute atomic E-state index is 14.3. The van der Waals surface area contributed by atoms with Crippen molar-refractivity contribution in [1.82, 2.24) is 25.2 Å². The summed E-state index contributed by atoms with van der Waals surface area (Å²) < 4.78 is 28.6. The Labute approximate surface area is 192 Å². The van der Waals surface area contributed by atoms with Crippen LogP contribution < -0.4 is 15.5 Å². The molecule has 0 amide bonds. The van der Waals surface area contributed by atoms with E-state index in [-0.39, 0.29) is 19.5 Å². The fourth-order valence-corrected chi connectivity index (χ4v) is 4.48. The first kappa shape index (κ1) is 21.9. The number of piperidine rings is 1. The highest BCUT2D eigenvalue weighted by Crippen LogP contribution is 2.32. The monoisotopic (exact) mass is 453 g/mol. The van der Waals surface area contributed by atoms with Crippen molar-refractivity contribution in [2.24, 2.45) is 5.92 Å². The molecule has 0 bridgehead atoms. The van der Waals surface area contributed by atoms with Gasteiger partial charge in [-0.3, -0.25) is 4.98 Å². The molecule has 2 N–H and O–H groups in total. The molecule has 33 heavy (non-hydrogen) atoms. The third-order valence-electron chi connectivity index (χ3n) is 6.63. The number of fused-ring (bicyclic) bond motifs is 1. The first-order chi connectivity index (χ1) is 16.0. The molecule has 5 rings (SSSR count). The molecule has 1 aromatic carbocycles. The number of pyridine rings is 1. The Kier molecular flexibility index (Phi) is 6.07. The lowest BCUT2D eigenvalue weighted by Gasteiger charge is -2.34. The second kappa shape index (κ2) is 9.15. The molecule has 9 heteroatoms. The predicted molar refractivity (Wildman–Crippen MR) is 127 cm³/mol. The number of aromatic nitrogens is 3. The zero-order valence-corrected chi connectivity index (χ0v) is 18.8. The number of nitrogens with zero attached hydrogens (tertiary/aromatic N) is 5. The van der Waals surface area contributed by atoms with Crippen LogP contribution in [0.2, 0.25) is 0 Å². The first-order valence-electron chi connectivity index (χ1n) is 11.5. The van der Waals surface area contributed by atoms with Crippen LogP contribution in [-0.2, 0) is 0 Å². The van der Waals surface area contributed by atoms with Crippen LogP contribution in [0.1, 0.15) is 6.42 Å². The van der Waals surface area contributed by atoms with Crippen molar-refractivity contribution in [3.63, 3.8) is 0 Å². The van der Waals surface area contributed by atoms with Gasteiger partial charge in [0.15, 0.2) is 5.82 Å². The Bertz CT molecular complexity index is 1100. The van der Waals surface area contributed by atoms with Crippen molar-refractivity contribution < 1.29 is 8.78 Å². The van der Waals surface area contributed by atoms with Crippen molar-refractivity contribution in [1.29, 1.82) is 0 Å². The van der Waals surface area contributed by atoms with E-state index in [2.05, 4.69) is 61.7 Å². The van der Waals surface area contributed by atoms with E-state index in [9.17, 15) is 8.78 Å². The first-order valence-corrected chi connectivity index (χ1v) is 11.5. The van der Waals surface area contributed by atoms with Gasteiger partial charge in [-0.15, -0.1) is 0 Å². The number of nitrogens with one attached hydrogen (secondary N) is 2. The molecule has 0 unspecified atom stereocenters. The minimum absolute atomic E-state index is 0.116. The fourth-order valence-electron chi connectivity index (χ4n) is 4.48. The highest BCUT2D eigenvalue weighted by molar-refractivity contribution is 5.88. The van der Waals surface area contributed by atoms with E-state index in [1.165, 1.54) is 5.69 Å². The summed E-state index contributed by atoms with van der Waals surface area (Å²) in [6.07, 6.45) is 3.08. The van der Waals surface area contributed by atoms with E-state index in [4.69, 9.17) is 4.98 Å². The Morgan fingerprint density at radius 1 is 1.09 bits per heavy atom. The summed E-state index contributed by atoms with van der Waals surface area (Å²) in [5, 5.41) is 6.20. The van der Waals surface area contributed by atoms with E-state index < -0.39 is 11.8 Å². The number of benzene rings is 1. The molecule has 0 aliphatic carbocycles. The lowest BCUT2D eigenvalue weighted by atomic mass is 9.95. The second-order valence-corrected chi connectivity index (χ2v) is 8.91. The molecule has 2 aliphatic rings. The molecular weight excluding hydrogens is 424 g/mol. The number of hydrogen-bond acceptors (Lipinski definition) is 7. The summed E-state index contributed by atoms with van der Waals surface area (Å²) in [6, 6.07) is 10.2. The number of piperazine rings is 1. The Hall–Kier alpha value is -2.91. The average Bonchev–Trinajstić information content (AvgIpc) is 2.83. The molecule has 7 nitrogen and oxygen atoms in total. The van der Waals surface area contributed by atoms with Crippen LogP contribution in [0.5, 0.6) is 0 Å². The molecule has 1 atom stereocenters. The van der Waals surface area contributed by atoms with Gasteiger partial charge in [-0.2, -0.15) is 0 Å². The predicted octanol–water partition coefficient (Wildman–Crippen LogP) is 3.10. The lowest BCUT2D eigenvalue weighted by Crippen LogP contribution is -2.47. The Balaban J connectivity index is 1.39. The zero-order chi connectivity index (χ0) is 22.8. The molecule has 174 valence electrons. The Morgan fingerprint density at radius 3 is 2.61 bits per heavy atom. The van der Waals surface area contributed by atoms with E-state index >= 15 is 0 Å². The maximum Gasteiger partial charge on any atom is 0.255 e. The van der Waals surface area contributed by atoms with Crippen molar-refractivity contribution in [2.75, 3.05) is 63.1 Å². The van der Waals surface area contributed by atoms with Crippen LogP contribution >= 0.6 is 0 Å². The average molecular weight is 454 g/mol. The van der Waals surface area contributed by atoms with Crippen molar-refractivity contribution in [3.05, 3.63) is 42.7 Å². The molecule has 2 saturated heterocycles. The number of halogens is 2. The van der Waals surface area contributed by atoms with Gasteiger partial charge in [0, 0.05) is 75.9 Å². The summed E-state index contributed by atoms with van der Waals surface area (Å²) in [7, 11) is 2.15. The van der Waals surface area contributed by atoms with Crippen molar-refractivity contribution >= 4 is 22.5 Å². The van der Waals surface area contributed by atoms with Gasteiger partial charge in [0.25, 0.3) is 5.92 Å². The third kappa shape index (κ3) is 4.74. The number of alkyl halides is 2. The number of hydrogen-bond donors (Lipinski definition) is 2. The van der Waals surface area contributed by atoms with Gasteiger partial charge in [0.1, 0.15) is 5.52 Å². The van der Waals surface area contributed by atoms with Gasteiger partial charge < -0.3 is 20.4 Å². The van der Waals surface area contributed by atoms with Crippen LogP contribution in [0, 0.1) is 5.92 Å². The van der Waals surface area contributed by atoms with Gasteiger partial charge >= 0.3 is 0 Å². The van der Waals surface area contributed by atoms with Gasteiger partial charge in [-0.1, -0.05) is 12.1 Å². The van der Waals surface area contributed by atoms with Crippen LogP contribution in [0.25, 0.3) is 22.3 Å². The van der Waals surface area contributed by atoms with Gasteiger partial charge in [-0.25, -0.2) is 18.7 Å². The minimum Gasteiger partial charge on any atom is -0.369 e. The van der Waals surface area contributed by atoms with Crippen molar-refractivity contribution in [3.8, 4) is 11.3 Å². The second-order valence-electron chi connectivity index (χ2n) is 8.91. The number of likely N-dealkylation sites (N-methyl/N-ethyl adjacent to an activating group) is 1. The van der Waals surface area contributed by atoms with E-state index in [1.54, 1.807) is 12.4 Å². The van der Waals surface area contributed by atoms with E-state index in [0.717, 1.165) is 37.4 Å². The van der Waals surface area contributed by atoms with Crippen LogP contribution in [-0.4, -0.2) is 78.6 Å². The zero-order valence-electron chi connectivity index (χ0n) is 18.8.